The van der Waals surface area contributed by atoms with Crippen molar-refractivity contribution in [2.24, 2.45) is 0 Å². The Bertz CT molecular complexity index is 984. The van der Waals surface area contributed by atoms with Crippen molar-refractivity contribution in [2.75, 3.05) is 51.3 Å². The number of tetrazole rings is 1. The molecule has 32 heavy (non-hydrogen) atoms. The fourth-order valence-electron chi connectivity index (χ4n) is 4.02. The smallest absolute Gasteiger partial charge is 0.171 e. The first-order valence-electron chi connectivity index (χ1n) is 11.3. The number of unbranched alkanes of at least 4 members (excludes halogenated alkanes) is 1. The summed E-state index contributed by atoms with van der Waals surface area (Å²) in [6.45, 7) is 8.50. The number of para-hydroxylation sites is 2. The number of methoxy groups -OCH3 is 1. The van der Waals surface area contributed by atoms with Gasteiger partial charge < -0.3 is 14.4 Å². The third-order valence-electron chi connectivity index (χ3n) is 5.71. The van der Waals surface area contributed by atoms with E-state index >= 15 is 0 Å². The Morgan fingerprint density at radius 3 is 2.59 bits per heavy atom. The van der Waals surface area contributed by atoms with E-state index in [4.69, 9.17) is 9.47 Å². The monoisotopic (exact) mass is 436 g/mol. The van der Waals surface area contributed by atoms with Gasteiger partial charge in [0.25, 0.3) is 0 Å². The van der Waals surface area contributed by atoms with E-state index < -0.39 is 0 Å². The van der Waals surface area contributed by atoms with Crippen molar-refractivity contribution in [3.8, 4) is 11.5 Å². The van der Waals surface area contributed by atoms with E-state index in [2.05, 4.69) is 49.5 Å². The SMILES string of the molecule is COc1ccccc1N1CCN(CCCCOc2cccc(Cn3nnc(C)n3)c2)CC1. The molecule has 1 fully saturated rings. The summed E-state index contributed by atoms with van der Waals surface area (Å²) in [5.74, 6) is 2.53. The second-order valence-electron chi connectivity index (χ2n) is 8.07. The molecule has 0 aliphatic carbocycles. The summed E-state index contributed by atoms with van der Waals surface area (Å²) in [6, 6.07) is 16.4. The molecule has 1 aliphatic rings. The summed E-state index contributed by atoms with van der Waals surface area (Å²) in [6.07, 6.45) is 2.18. The van der Waals surface area contributed by atoms with Crippen LogP contribution < -0.4 is 14.4 Å². The lowest BCUT2D eigenvalue weighted by Gasteiger charge is -2.36. The first-order valence-corrected chi connectivity index (χ1v) is 11.3. The molecule has 8 nitrogen and oxygen atoms in total. The maximum absolute atomic E-state index is 5.97. The van der Waals surface area contributed by atoms with Crippen LogP contribution in [0.3, 0.4) is 0 Å². The highest BCUT2D eigenvalue weighted by Gasteiger charge is 2.19. The quantitative estimate of drug-likeness (QED) is 0.453. The van der Waals surface area contributed by atoms with E-state index in [9.17, 15) is 0 Å². The maximum Gasteiger partial charge on any atom is 0.171 e. The fraction of sp³-hybridized carbons (Fsp3) is 0.458. The van der Waals surface area contributed by atoms with Crippen molar-refractivity contribution in [2.45, 2.75) is 26.3 Å². The van der Waals surface area contributed by atoms with Crippen molar-refractivity contribution >= 4 is 5.69 Å². The highest BCUT2D eigenvalue weighted by molar-refractivity contribution is 5.58. The number of hydrogen-bond donors (Lipinski definition) is 0. The zero-order valence-electron chi connectivity index (χ0n) is 19.0. The van der Waals surface area contributed by atoms with E-state index in [1.807, 2.05) is 31.2 Å². The number of aromatic nitrogens is 4. The van der Waals surface area contributed by atoms with Crippen LogP contribution in [-0.2, 0) is 6.54 Å². The van der Waals surface area contributed by atoms with Gasteiger partial charge in [0, 0.05) is 26.2 Å². The average Bonchev–Trinajstić information content (AvgIpc) is 3.24. The molecule has 8 heteroatoms. The lowest BCUT2D eigenvalue weighted by atomic mass is 10.2. The lowest BCUT2D eigenvalue weighted by Crippen LogP contribution is -2.46. The third-order valence-corrected chi connectivity index (χ3v) is 5.71. The number of hydrogen-bond acceptors (Lipinski definition) is 7. The maximum atomic E-state index is 5.97. The van der Waals surface area contributed by atoms with Gasteiger partial charge in [0.2, 0.25) is 0 Å². The molecular weight excluding hydrogens is 404 g/mol. The van der Waals surface area contributed by atoms with E-state index in [-0.39, 0.29) is 0 Å². The predicted molar refractivity (Wildman–Crippen MR) is 124 cm³/mol. The van der Waals surface area contributed by atoms with Crippen LogP contribution in [0, 0.1) is 6.92 Å². The Balaban J connectivity index is 1.14. The molecule has 2 aromatic carbocycles. The summed E-state index contributed by atoms with van der Waals surface area (Å²) in [4.78, 5) is 6.56. The van der Waals surface area contributed by atoms with Crippen molar-refractivity contribution < 1.29 is 9.47 Å². The molecule has 0 bridgehead atoms. The van der Waals surface area contributed by atoms with Crippen LogP contribution in [0.1, 0.15) is 24.2 Å². The number of ether oxygens (including phenoxy) is 2. The predicted octanol–water partition coefficient (Wildman–Crippen LogP) is 3.02. The molecule has 0 N–H and O–H groups in total. The first kappa shape index (κ1) is 22.1. The van der Waals surface area contributed by atoms with Gasteiger partial charge in [-0.1, -0.05) is 24.3 Å². The molecule has 0 saturated carbocycles. The topological polar surface area (TPSA) is 68.5 Å². The summed E-state index contributed by atoms with van der Waals surface area (Å²) >= 11 is 0. The minimum Gasteiger partial charge on any atom is -0.495 e. The molecule has 1 aliphatic heterocycles. The van der Waals surface area contributed by atoms with Crippen molar-refractivity contribution in [3.05, 3.63) is 59.9 Å². The van der Waals surface area contributed by atoms with Crippen LogP contribution in [-0.4, -0.2) is 71.5 Å². The Morgan fingerprint density at radius 2 is 1.81 bits per heavy atom. The minimum atomic E-state index is 0.596. The van der Waals surface area contributed by atoms with Gasteiger partial charge in [-0.2, -0.15) is 4.80 Å². The number of piperazine rings is 1. The van der Waals surface area contributed by atoms with Gasteiger partial charge in [-0.15, -0.1) is 10.2 Å². The second kappa shape index (κ2) is 10.9. The zero-order valence-corrected chi connectivity index (χ0v) is 19.0. The lowest BCUT2D eigenvalue weighted by molar-refractivity contribution is 0.238. The molecule has 3 aromatic rings. The largest absolute Gasteiger partial charge is 0.495 e. The van der Waals surface area contributed by atoms with Crippen molar-refractivity contribution in [1.82, 2.24) is 25.1 Å². The molecule has 1 saturated heterocycles. The molecule has 1 aromatic heterocycles. The molecule has 0 atom stereocenters. The molecule has 0 unspecified atom stereocenters. The van der Waals surface area contributed by atoms with Gasteiger partial charge in [0.05, 0.1) is 25.9 Å². The van der Waals surface area contributed by atoms with Crippen LogP contribution in [0.4, 0.5) is 5.69 Å². The zero-order chi connectivity index (χ0) is 22.2. The number of nitrogens with zero attached hydrogens (tertiary/aromatic N) is 6. The van der Waals surface area contributed by atoms with E-state index in [1.165, 1.54) is 5.69 Å². The minimum absolute atomic E-state index is 0.596. The molecule has 0 radical (unpaired) electrons. The number of rotatable bonds is 10. The van der Waals surface area contributed by atoms with Crippen LogP contribution in [0.25, 0.3) is 0 Å². The van der Waals surface area contributed by atoms with Gasteiger partial charge in [-0.05, 0) is 61.4 Å². The highest BCUT2D eigenvalue weighted by atomic mass is 16.5. The van der Waals surface area contributed by atoms with Crippen LogP contribution in [0.15, 0.2) is 48.5 Å². The van der Waals surface area contributed by atoms with Gasteiger partial charge in [-0.3, -0.25) is 4.90 Å². The van der Waals surface area contributed by atoms with E-state index in [1.54, 1.807) is 11.9 Å². The van der Waals surface area contributed by atoms with Gasteiger partial charge in [-0.25, -0.2) is 0 Å². The number of benzene rings is 2. The normalized spacial score (nSPS) is 14.5. The molecular formula is C24H32N6O2. The standard InChI is InChI=1S/C24H32N6O2/c1-20-25-27-30(26-20)19-21-8-7-9-22(18-21)32-17-6-5-12-28-13-15-29(16-14-28)23-10-3-4-11-24(23)31-2/h3-4,7-11,18H,5-6,12-17,19H2,1-2H3. The molecule has 0 amide bonds. The Labute approximate surface area is 189 Å². The van der Waals surface area contributed by atoms with Crippen molar-refractivity contribution in [1.29, 1.82) is 0 Å². The Morgan fingerprint density at radius 1 is 0.969 bits per heavy atom. The Hall–Kier alpha value is -3.13. The molecule has 2 heterocycles. The first-order chi connectivity index (χ1) is 15.7. The summed E-state index contributed by atoms with van der Waals surface area (Å²) < 4.78 is 11.5. The van der Waals surface area contributed by atoms with Crippen molar-refractivity contribution in [3.63, 3.8) is 0 Å². The highest BCUT2D eigenvalue weighted by Crippen LogP contribution is 2.28. The Kier molecular flexibility index (Phi) is 7.55. The van der Waals surface area contributed by atoms with E-state index in [0.717, 1.165) is 69.2 Å². The van der Waals surface area contributed by atoms with Gasteiger partial charge in [0.15, 0.2) is 5.82 Å². The van der Waals surface area contributed by atoms with Crippen LogP contribution in [0.2, 0.25) is 0 Å². The average molecular weight is 437 g/mol. The van der Waals surface area contributed by atoms with Gasteiger partial charge in [0.1, 0.15) is 11.5 Å². The number of anilines is 1. The summed E-state index contributed by atoms with van der Waals surface area (Å²) in [5.41, 5.74) is 2.30. The molecule has 170 valence electrons. The fourth-order valence-corrected chi connectivity index (χ4v) is 4.02. The molecule has 4 rings (SSSR count). The summed E-state index contributed by atoms with van der Waals surface area (Å²) in [7, 11) is 1.74. The number of aryl methyl sites for hydroxylation is 1. The van der Waals surface area contributed by atoms with E-state index in [0.29, 0.717) is 12.4 Å². The summed E-state index contributed by atoms with van der Waals surface area (Å²) in [5, 5.41) is 12.2. The second-order valence-corrected chi connectivity index (χ2v) is 8.07. The van der Waals surface area contributed by atoms with Crippen LogP contribution >= 0.6 is 0 Å². The third kappa shape index (κ3) is 5.97. The van der Waals surface area contributed by atoms with Gasteiger partial charge >= 0.3 is 0 Å². The molecule has 0 spiro atoms. The van der Waals surface area contributed by atoms with Crippen LogP contribution in [0.5, 0.6) is 11.5 Å².